The molecule has 4 aromatic heterocycles. The first-order valence-electron chi connectivity index (χ1n) is 10.3. The zero-order valence-electron chi connectivity index (χ0n) is 17.4. The minimum atomic E-state index is -4.64. The van der Waals surface area contributed by atoms with Crippen LogP contribution in [0.1, 0.15) is 37.3 Å². The fourth-order valence-corrected chi connectivity index (χ4v) is 4.30. The van der Waals surface area contributed by atoms with E-state index in [9.17, 15) is 18.0 Å². The summed E-state index contributed by atoms with van der Waals surface area (Å²) in [7, 11) is 1.60. The quantitative estimate of drug-likeness (QED) is 0.502. The van der Waals surface area contributed by atoms with Crippen molar-refractivity contribution in [3.63, 3.8) is 0 Å². The molecular formula is C20H18F3N9O. The van der Waals surface area contributed by atoms with Gasteiger partial charge in [-0.05, 0) is 31.7 Å². The van der Waals surface area contributed by atoms with Gasteiger partial charge in [-0.25, -0.2) is 19.3 Å². The number of rotatable bonds is 3. The van der Waals surface area contributed by atoms with Gasteiger partial charge in [0.25, 0.3) is 0 Å². The second-order valence-electron chi connectivity index (χ2n) is 8.03. The van der Waals surface area contributed by atoms with Gasteiger partial charge in [-0.3, -0.25) is 9.13 Å². The summed E-state index contributed by atoms with van der Waals surface area (Å²) in [6.45, 7) is 0. The predicted molar refractivity (Wildman–Crippen MR) is 111 cm³/mol. The Balaban J connectivity index is 1.57. The first-order chi connectivity index (χ1) is 15.8. The molecule has 170 valence electrons. The van der Waals surface area contributed by atoms with Crippen LogP contribution >= 0.6 is 0 Å². The van der Waals surface area contributed by atoms with Crippen molar-refractivity contribution in [3.8, 4) is 6.07 Å². The van der Waals surface area contributed by atoms with E-state index in [0.717, 1.165) is 12.4 Å². The van der Waals surface area contributed by atoms with Crippen LogP contribution in [-0.2, 0) is 13.2 Å². The minimum absolute atomic E-state index is 0.0359. The lowest BCUT2D eigenvalue weighted by atomic mass is 9.87. The number of nitrogens with one attached hydrogen (secondary N) is 1. The zero-order valence-corrected chi connectivity index (χ0v) is 17.4. The van der Waals surface area contributed by atoms with Gasteiger partial charge in [0.1, 0.15) is 11.8 Å². The highest BCUT2D eigenvalue weighted by Gasteiger charge is 2.35. The predicted octanol–water partition coefficient (Wildman–Crippen LogP) is 3.19. The van der Waals surface area contributed by atoms with E-state index in [4.69, 9.17) is 5.26 Å². The van der Waals surface area contributed by atoms with Crippen molar-refractivity contribution in [1.29, 1.82) is 5.26 Å². The van der Waals surface area contributed by atoms with Gasteiger partial charge in [-0.2, -0.15) is 28.5 Å². The van der Waals surface area contributed by atoms with E-state index in [-0.39, 0.29) is 34.9 Å². The van der Waals surface area contributed by atoms with Crippen molar-refractivity contribution >= 4 is 28.4 Å². The number of hydrogen-bond donors (Lipinski definition) is 1. The maximum absolute atomic E-state index is 13.7. The third kappa shape index (κ3) is 3.57. The Morgan fingerprint density at radius 3 is 2.67 bits per heavy atom. The minimum Gasteiger partial charge on any atom is -0.322 e. The average Bonchev–Trinajstić information content (AvgIpc) is 3.34. The van der Waals surface area contributed by atoms with Gasteiger partial charge in [0.15, 0.2) is 11.3 Å². The third-order valence-corrected chi connectivity index (χ3v) is 6.04. The van der Waals surface area contributed by atoms with Crippen molar-refractivity contribution in [2.75, 3.05) is 5.32 Å². The molecule has 4 heterocycles. The second-order valence-corrected chi connectivity index (χ2v) is 8.03. The van der Waals surface area contributed by atoms with E-state index >= 15 is 0 Å². The summed E-state index contributed by atoms with van der Waals surface area (Å²) in [4.78, 5) is 25.2. The Hall–Kier alpha value is -3.95. The molecule has 1 N–H and O–H groups in total. The van der Waals surface area contributed by atoms with Crippen LogP contribution in [0.3, 0.4) is 0 Å². The lowest BCUT2D eigenvalue weighted by Gasteiger charge is -2.25. The lowest BCUT2D eigenvalue weighted by Crippen LogP contribution is -2.28. The number of pyridine rings is 1. The largest absolute Gasteiger partial charge is 0.418 e. The number of aryl methyl sites for hydroxylation is 1. The van der Waals surface area contributed by atoms with Gasteiger partial charge < -0.3 is 5.32 Å². The first kappa shape index (κ1) is 20.9. The fraction of sp³-hybridized carbons (Fsp3) is 0.400. The van der Waals surface area contributed by atoms with Crippen molar-refractivity contribution in [1.82, 2.24) is 33.7 Å². The molecule has 1 aliphatic carbocycles. The summed E-state index contributed by atoms with van der Waals surface area (Å²) in [6.07, 6.45) is 1.72. The van der Waals surface area contributed by atoms with Crippen LogP contribution in [0, 0.1) is 17.2 Å². The van der Waals surface area contributed by atoms with Crippen LogP contribution in [0.2, 0.25) is 0 Å². The number of aromatic nitrogens is 7. The third-order valence-electron chi connectivity index (χ3n) is 6.04. The molecule has 1 fully saturated rings. The number of anilines is 2. The molecule has 1 saturated carbocycles. The Morgan fingerprint density at radius 2 is 1.97 bits per heavy atom. The van der Waals surface area contributed by atoms with Crippen LogP contribution in [-0.4, -0.2) is 33.7 Å². The topological polar surface area (TPSA) is 119 Å². The number of imidazole rings is 1. The van der Waals surface area contributed by atoms with Crippen LogP contribution in [0.4, 0.5) is 24.8 Å². The molecule has 0 amide bonds. The molecule has 0 radical (unpaired) electrons. The van der Waals surface area contributed by atoms with Gasteiger partial charge in [-0.1, -0.05) is 0 Å². The number of fused-ring (bicyclic) bond motifs is 2. The normalized spacial score (nSPS) is 19.1. The van der Waals surface area contributed by atoms with E-state index in [1.165, 1.54) is 21.5 Å². The molecule has 1 aliphatic rings. The van der Waals surface area contributed by atoms with Crippen molar-refractivity contribution < 1.29 is 13.2 Å². The summed E-state index contributed by atoms with van der Waals surface area (Å²) in [5.74, 6) is -0.121. The summed E-state index contributed by atoms with van der Waals surface area (Å²) >= 11 is 0. The highest BCUT2D eigenvalue weighted by atomic mass is 19.4. The van der Waals surface area contributed by atoms with Crippen molar-refractivity contribution in [2.45, 2.75) is 37.9 Å². The lowest BCUT2D eigenvalue weighted by molar-refractivity contribution is -0.136. The number of halogens is 3. The molecule has 0 unspecified atom stereocenters. The summed E-state index contributed by atoms with van der Waals surface area (Å²) < 4.78 is 45.1. The summed E-state index contributed by atoms with van der Waals surface area (Å²) in [5.41, 5.74) is -0.663. The van der Waals surface area contributed by atoms with Crippen LogP contribution in [0.25, 0.3) is 16.8 Å². The summed E-state index contributed by atoms with van der Waals surface area (Å²) in [6, 6.07) is 3.01. The maximum atomic E-state index is 13.7. The maximum Gasteiger partial charge on any atom is 0.418 e. The van der Waals surface area contributed by atoms with Crippen LogP contribution < -0.4 is 11.0 Å². The van der Waals surface area contributed by atoms with Gasteiger partial charge in [-0.15, -0.1) is 0 Å². The molecule has 0 aliphatic heterocycles. The van der Waals surface area contributed by atoms with E-state index in [0.29, 0.717) is 36.8 Å². The number of nitrogens with zero attached hydrogens (tertiary/aromatic N) is 8. The highest BCUT2D eigenvalue weighted by Crippen LogP contribution is 2.37. The first-order valence-corrected chi connectivity index (χ1v) is 10.3. The SMILES string of the molecule is Cn1c(=O)n(C2CCC(C#N)CC2)c2nc(Nc3cn4ncnc4cc3C(F)(F)F)ncc21. The molecule has 33 heavy (non-hydrogen) atoms. The molecule has 0 saturated heterocycles. The molecule has 0 bridgehead atoms. The Morgan fingerprint density at radius 1 is 1.21 bits per heavy atom. The van der Waals surface area contributed by atoms with Crippen LogP contribution in [0.15, 0.2) is 29.6 Å². The van der Waals surface area contributed by atoms with E-state index < -0.39 is 11.7 Å². The highest BCUT2D eigenvalue weighted by molar-refractivity contribution is 5.73. The average molecular weight is 457 g/mol. The smallest absolute Gasteiger partial charge is 0.322 e. The monoisotopic (exact) mass is 457 g/mol. The molecular weight excluding hydrogens is 439 g/mol. The van der Waals surface area contributed by atoms with Gasteiger partial charge in [0.05, 0.1) is 29.7 Å². The number of alkyl halides is 3. The molecule has 0 atom stereocenters. The number of nitriles is 1. The molecule has 0 spiro atoms. The Bertz CT molecular complexity index is 1450. The second kappa shape index (κ2) is 7.58. The molecule has 13 heteroatoms. The molecule has 10 nitrogen and oxygen atoms in total. The molecule has 0 aromatic carbocycles. The number of hydrogen-bond acceptors (Lipinski definition) is 7. The van der Waals surface area contributed by atoms with E-state index in [1.54, 1.807) is 11.6 Å². The molecule has 5 rings (SSSR count). The summed E-state index contributed by atoms with van der Waals surface area (Å²) in [5, 5.41) is 15.7. The Kier molecular flexibility index (Phi) is 4.80. The zero-order chi connectivity index (χ0) is 23.3. The van der Waals surface area contributed by atoms with E-state index in [1.807, 2.05) is 0 Å². The fourth-order valence-electron chi connectivity index (χ4n) is 4.30. The van der Waals surface area contributed by atoms with Gasteiger partial charge in [0, 0.05) is 19.0 Å². The van der Waals surface area contributed by atoms with Crippen molar-refractivity contribution in [3.05, 3.63) is 40.8 Å². The van der Waals surface area contributed by atoms with Gasteiger partial charge in [0.2, 0.25) is 5.95 Å². The van der Waals surface area contributed by atoms with Crippen molar-refractivity contribution in [2.24, 2.45) is 13.0 Å². The molecule has 4 aromatic rings. The Labute approximate surface area is 184 Å². The van der Waals surface area contributed by atoms with Crippen LogP contribution in [0.5, 0.6) is 0 Å². The van der Waals surface area contributed by atoms with E-state index in [2.05, 4.69) is 31.4 Å². The van der Waals surface area contributed by atoms with Gasteiger partial charge >= 0.3 is 11.9 Å². The standard InChI is InChI=1S/C20H18F3N9O/c1-30-15-8-25-18(28-14-9-31-16(26-10-27-31)6-13(14)20(21,22)23)29-17(15)32(19(30)33)12-4-2-11(7-24)3-5-12/h6,8-12H,2-5H2,1H3,(H,25,28,29).